The topological polar surface area (TPSA) is 29.1 Å². The van der Waals surface area contributed by atoms with Crippen molar-refractivity contribution < 1.29 is 18.0 Å². The second-order valence-corrected chi connectivity index (χ2v) is 5.49. The van der Waals surface area contributed by atoms with E-state index in [-0.39, 0.29) is 11.6 Å². The molecule has 2 rings (SSSR count). The summed E-state index contributed by atoms with van der Waals surface area (Å²) in [5, 5.41) is 2.37. The van der Waals surface area contributed by atoms with Crippen LogP contribution >= 0.6 is 0 Å². The molecule has 2 aromatic rings. The first-order valence-electron chi connectivity index (χ1n) is 7.45. The van der Waals surface area contributed by atoms with Gasteiger partial charge in [-0.2, -0.15) is 0 Å². The molecule has 0 aliphatic rings. The quantitative estimate of drug-likeness (QED) is 0.782. The molecule has 1 N–H and O–H groups in total. The molecule has 2 atom stereocenters. The van der Waals surface area contributed by atoms with E-state index in [9.17, 15) is 18.0 Å². The van der Waals surface area contributed by atoms with Gasteiger partial charge in [-0.1, -0.05) is 50.6 Å². The first-order chi connectivity index (χ1) is 11.0. The van der Waals surface area contributed by atoms with Gasteiger partial charge in [0.05, 0.1) is 11.6 Å². The molecule has 0 aromatic heterocycles. The Morgan fingerprint density at radius 3 is 2.30 bits per heavy atom. The Morgan fingerprint density at radius 2 is 1.70 bits per heavy atom. The lowest BCUT2D eigenvalue weighted by Crippen LogP contribution is -2.26. The van der Waals surface area contributed by atoms with Gasteiger partial charge in [-0.3, -0.25) is 4.79 Å². The Bertz CT molecular complexity index is 688. The first-order valence-corrected chi connectivity index (χ1v) is 7.45. The van der Waals surface area contributed by atoms with E-state index >= 15 is 0 Å². The van der Waals surface area contributed by atoms with Gasteiger partial charge in [-0.15, -0.1) is 0 Å². The Labute approximate surface area is 133 Å². The third-order valence-electron chi connectivity index (χ3n) is 3.95. The molecule has 0 unspecified atom stereocenters. The summed E-state index contributed by atoms with van der Waals surface area (Å²) in [6, 6.07) is 10.9. The van der Waals surface area contributed by atoms with Crippen LogP contribution in [0.4, 0.5) is 18.9 Å². The summed E-state index contributed by atoms with van der Waals surface area (Å²) in [5.41, 5.74) is 0.431. The van der Waals surface area contributed by atoms with Crippen LogP contribution in [0.1, 0.15) is 31.7 Å². The lowest BCUT2D eigenvalue weighted by atomic mass is 9.85. The van der Waals surface area contributed by atoms with Crippen LogP contribution in [0.25, 0.3) is 0 Å². The van der Waals surface area contributed by atoms with Gasteiger partial charge < -0.3 is 5.32 Å². The number of carbonyl (C=O) groups is 1. The maximum atomic E-state index is 13.7. The zero-order valence-corrected chi connectivity index (χ0v) is 12.9. The van der Waals surface area contributed by atoms with Crippen LogP contribution < -0.4 is 5.32 Å². The number of anilines is 1. The van der Waals surface area contributed by atoms with Crippen LogP contribution in [-0.4, -0.2) is 5.91 Å². The van der Waals surface area contributed by atoms with Crippen molar-refractivity contribution in [2.24, 2.45) is 5.92 Å². The molecule has 1 amide bonds. The number of nitrogens with one attached hydrogen (secondary N) is 1. The molecule has 0 heterocycles. The summed E-state index contributed by atoms with van der Waals surface area (Å²) in [5.74, 6) is -5.23. The van der Waals surface area contributed by atoms with Crippen molar-refractivity contribution in [1.82, 2.24) is 0 Å². The Balaban J connectivity index is 2.31. The van der Waals surface area contributed by atoms with Gasteiger partial charge in [0.2, 0.25) is 5.91 Å². The van der Waals surface area contributed by atoms with Crippen molar-refractivity contribution in [1.29, 1.82) is 0 Å². The van der Waals surface area contributed by atoms with Crippen LogP contribution in [0, 0.1) is 23.4 Å². The minimum Gasteiger partial charge on any atom is -0.323 e. The predicted octanol–water partition coefficient (Wildman–Crippen LogP) is 4.87. The van der Waals surface area contributed by atoms with E-state index in [1.807, 2.05) is 44.2 Å². The SMILES string of the molecule is CC[C@@H](C)[C@@H](C(=O)Nc1ccc(F)c(F)c1F)c1ccccc1. The van der Waals surface area contributed by atoms with Gasteiger partial charge in [0.1, 0.15) is 0 Å². The molecule has 0 bridgehead atoms. The monoisotopic (exact) mass is 321 g/mol. The van der Waals surface area contributed by atoms with E-state index in [4.69, 9.17) is 0 Å². The molecule has 0 fully saturated rings. The number of hydrogen-bond donors (Lipinski definition) is 1. The van der Waals surface area contributed by atoms with Gasteiger partial charge in [0.25, 0.3) is 0 Å². The molecular formula is C18H18F3NO. The minimum atomic E-state index is -1.59. The Kier molecular flexibility index (Phi) is 5.42. The summed E-state index contributed by atoms with van der Waals surface area (Å²) in [4.78, 5) is 12.6. The summed E-state index contributed by atoms with van der Waals surface area (Å²) < 4.78 is 40.0. The molecule has 2 nitrogen and oxygen atoms in total. The highest BCUT2D eigenvalue weighted by atomic mass is 19.2. The zero-order valence-electron chi connectivity index (χ0n) is 12.9. The smallest absolute Gasteiger partial charge is 0.232 e. The second-order valence-electron chi connectivity index (χ2n) is 5.49. The van der Waals surface area contributed by atoms with Gasteiger partial charge in [-0.05, 0) is 23.6 Å². The van der Waals surface area contributed by atoms with Gasteiger partial charge in [0.15, 0.2) is 17.5 Å². The second kappa shape index (κ2) is 7.31. The first kappa shape index (κ1) is 17.1. The molecule has 0 radical (unpaired) electrons. The normalized spacial score (nSPS) is 13.4. The summed E-state index contributed by atoms with van der Waals surface area (Å²) in [6.07, 6.45) is 0.743. The average Bonchev–Trinajstić information content (AvgIpc) is 2.56. The third kappa shape index (κ3) is 3.73. The van der Waals surface area contributed by atoms with E-state index in [0.717, 1.165) is 24.1 Å². The molecule has 0 aliphatic heterocycles. The van der Waals surface area contributed by atoms with Crippen molar-refractivity contribution >= 4 is 11.6 Å². The maximum absolute atomic E-state index is 13.7. The lowest BCUT2D eigenvalue weighted by Gasteiger charge is -2.23. The molecule has 0 saturated carbocycles. The fraction of sp³-hybridized carbons (Fsp3) is 0.278. The highest BCUT2D eigenvalue weighted by molar-refractivity contribution is 5.96. The third-order valence-corrected chi connectivity index (χ3v) is 3.95. The van der Waals surface area contributed by atoms with Crippen LogP contribution in [0.3, 0.4) is 0 Å². The number of carbonyl (C=O) groups excluding carboxylic acids is 1. The fourth-order valence-corrected chi connectivity index (χ4v) is 2.47. The van der Waals surface area contributed by atoms with Crippen molar-refractivity contribution in [3.8, 4) is 0 Å². The summed E-state index contributed by atoms with van der Waals surface area (Å²) in [7, 11) is 0. The molecule has 122 valence electrons. The van der Waals surface area contributed by atoms with Crippen LogP contribution in [-0.2, 0) is 4.79 Å². The van der Waals surface area contributed by atoms with Crippen molar-refractivity contribution in [3.05, 3.63) is 65.5 Å². The molecular weight excluding hydrogens is 303 g/mol. The van der Waals surface area contributed by atoms with Crippen LogP contribution in [0.15, 0.2) is 42.5 Å². The number of rotatable bonds is 5. The van der Waals surface area contributed by atoms with E-state index in [1.54, 1.807) is 0 Å². The van der Waals surface area contributed by atoms with Crippen molar-refractivity contribution in [2.75, 3.05) is 5.32 Å². The molecule has 23 heavy (non-hydrogen) atoms. The van der Waals surface area contributed by atoms with Crippen LogP contribution in [0.5, 0.6) is 0 Å². The molecule has 2 aromatic carbocycles. The van der Waals surface area contributed by atoms with Crippen molar-refractivity contribution in [3.63, 3.8) is 0 Å². The Hall–Kier alpha value is -2.30. The van der Waals surface area contributed by atoms with Crippen LogP contribution in [0.2, 0.25) is 0 Å². The Morgan fingerprint density at radius 1 is 1.04 bits per heavy atom. The maximum Gasteiger partial charge on any atom is 0.232 e. The summed E-state index contributed by atoms with van der Waals surface area (Å²) >= 11 is 0. The number of hydrogen-bond acceptors (Lipinski definition) is 1. The van der Waals surface area contributed by atoms with Gasteiger partial charge in [-0.25, -0.2) is 13.2 Å². The van der Waals surface area contributed by atoms with E-state index in [1.165, 1.54) is 0 Å². The number of benzene rings is 2. The predicted molar refractivity (Wildman–Crippen MR) is 83.6 cm³/mol. The standard InChI is InChI=1S/C18H18F3NO/c1-3-11(2)15(12-7-5-4-6-8-12)18(23)22-14-10-9-13(19)16(20)17(14)21/h4-11,15H,3H2,1-2H3,(H,22,23)/t11-,15-/m1/s1. The lowest BCUT2D eigenvalue weighted by molar-refractivity contribution is -0.118. The number of halogens is 3. The van der Waals surface area contributed by atoms with Gasteiger partial charge >= 0.3 is 0 Å². The highest BCUT2D eigenvalue weighted by Crippen LogP contribution is 2.29. The average molecular weight is 321 g/mol. The van der Waals surface area contributed by atoms with Gasteiger partial charge in [0, 0.05) is 0 Å². The molecule has 0 saturated heterocycles. The highest BCUT2D eigenvalue weighted by Gasteiger charge is 2.27. The molecule has 5 heteroatoms. The largest absolute Gasteiger partial charge is 0.323 e. The number of amides is 1. The fourth-order valence-electron chi connectivity index (χ4n) is 2.47. The van der Waals surface area contributed by atoms with E-state index in [2.05, 4.69) is 5.32 Å². The van der Waals surface area contributed by atoms with E-state index < -0.39 is 29.3 Å². The zero-order chi connectivity index (χ0) is 17.0. The van der Waals surface area contributed by atoms with Crippen molar-refractivity contribution in [2.45, 2.75) is 26.2 Å². The van der Waals surface area contributed by atoms with E-state index in [0.29, 0.717) is 0 Å². The minimum absolute atomic E-state index is 0.00533. The molecule has 0 spiro atoms. The summed E-state index contributed by atoms with van der Waals surface area (Å²) in [6.45, 7) is 3.87. The molecule has 0 aliphatic carbocycles.